The Morgan fingerprint density at radius 2 is 1.71 bits per heavy atom. The zero-order valence-corrected chi connectivity index (χ0v) is 24.3. The van der Waals surface area contributed by atoms with Gasteiger partial charge in [0.25, 0.3) is 11.5 Å². The van der Waals surface area contributed by atoms with Crippen LogP contribution >= 0.6 is 15.6 Å². The SMILES string of the molecule is Nc1nc2c(ncn2[C@@H]2O[C@@H]3COP(=O)(O)O[C@@H]4C(O)[C@H](c5cnn6c5N=CCC6=O)O[C@@H]4COP(=O)(O)OC2[C@H]3O)c(=O)[nH]1. The van der Waals surface area contributed by atoms with Crippen LogP contribution in [0.1, 0.15) is 29.1 Å². The number of nitrogen functional groups attached to an aromatic ring is 1. The van der Waals surface area contributed by atoms with Crippen LogP contribution in [-0.4, -0.2) is 111 Å². The van der Waals surface area contributed by atoms with Gasteiger partial charge in [0.2, 0.25) is 5.95 Å². The minimum atomic E-state index is -5.12. The first-order valence-corrected chi connectivity index (χ1v) is 16.2. The lowest BCUT2D eigenvalue weighted by Gasteiger charge is -2.26. The van der Waals surface area contributed by atoms with Crippen LogP contribution < -0.4 is 11.3 Å². The number of ether oxygens (including phenoxy) is 2. The molecule has 45 heavy (non-hydrogen) atoms. The van der Waals surface area contributed by atoms with Gasteiger partial charge in [-0.2, -0.15) is 14.8 Å². The van der Waals surface area contributed by atoms with Crippen LogP contribution in [0.4, 0.5) is 11.8 Å². The number of aromatic amines is 1. The molecule has 4 unspecified atom stereocenters. The number of H-pyrrole nitrogens is 1. The third-order valence-electron chi connectivity index (χ3n) is 7.48. The number of aliphatic hydroxyl groups excluding tert-OH is 2. The van der Waals surface area contributed by atoms with Gasteiger partial charge in [-0.25, -0.2) is 19.1 Å². The Morgan fingerprint density at radius 1 is 1.00 bits per heavy atom. The van der Waals surface area contributed by atoms with Crippen LogP contribution in [0.25, 0.3) is 11.2 Å². The van der Waals surface area contributed by atoms with Gasteiger partial charge in [0, 0.05) is 11.8 Å². The zero-order chi connectivity index (χ0) is 31.8. The highest BCUT2D eigenvalue weighted by molar-refractivity contribution is 7.47. The van der Waals surface area contributed by atoms with E-state index < -0.39 is 89.3 Å². The third kappa shape index (κ3) is 5.37. The van der Waals surface area contributed by atoms with Gasteiger partial charge in [0.1, 0.15) is 42.7 Å². The molecule has 0 aromatic carbocycles. The fourth-order valence-electron chi connectivity index (χ4n) is 5.45. The highest BCUT2D eigenvalue weighted by Gasteiger charge is 2.54. The Kier molecular flexibility index (Phi) is 7.39. The molecule has 3 aromatic rings. The van der Waals surface area contributed by atoms with E-state index in [9.17, 15) is 38.7 Å². The Hall–Kier alpha value is -3.24. The summed E-state index contributed by atoms with van der Waals surface area (Å²) in [5.41, 5.74) is 4.75. The van der Waals surface area contributed by atoms with Crippen molar-refractivity contribution in [2.24, 2.45) is 4.99 Å². The van der Waals surface area contributed by atoms with E-state index in [0.717, 1.165) is 15.6 Å². The fraction of sp³-hybridized carbons (Fsp3) is 0.524. The van der Waals surface area contributed by atoms with Gasteiger partial charge in [-0.05, 0) is 0 Å². The van der Waals surface area contributed by atoms with Crippen molar-refractivity contribution in [1.82, 2.24) is 29.3 Å². The predicted octanol–water partition coefficient (Wildman–Crippen LogP) is -1.58. The number of phosphoric ester groups is 2. The first kappa shape index (κ1) is 30.4. The van der Waals surface area contributed by atoms with Gasteiger partial charge < -0.3 is 35.2 Å². The Labute approximate surface area is 249 Å². The summed E-state index contributed by atoms with van der Waals surface area (Å²) in [4.78, 5) is 60.0. The van der Waals surface area contributed by atoms with Crippen molar-refractivity contribution in [3.8, 4) is 0 Å². The van der Waals surface area contributed by atoms with E-state index in [1.54, 1.807) is 0 Å². The van der Waals surface area contributed by atoms with Gasteiger partial charge in [-0.3, -0.25) is 37.2 Å². The molecule has 4 aliphatic heterocycles. The Balaban J connectivity index is 1.20. The summed E-state index contributed by atoms with van der Waals surface area (Å²) in [5.74, 6) is -0.647. The molecule has 7 rings (SSSR count). The molecule has 0 aliphatic carbocycles. The smallest absolute Gasteiger partial charge is 0.387 e. The number of aliphatic imine (C=N–C) groups is 1. The highest BCUT2D eigenvalue weighted by Crippen LogP contribution is 2.54. The first-order chi connectivity index (χ1) is 21.3. The number of rotatable bonds is 2. The quantitative estimate of drug-likeness (QED) is 0.167. The molecule has 0 saturated carbocycles. The topological polar surface area (TPSA) is 307 Å². The number of imidazole rings is 1. The average Bonchev–Trinajstić information content (AvgIpc) is 3.72. The molecule has 3 fully saturated rings. The largest absolute Gasteiger partial charge is 0.472 e. The minimum absolute atomic E-state index is 0.0115. The maximum absolute atomic E-state index is 13.2. The first-order valence-electron chi connectivity index (χ1n) is 13.2. The van der Waals surface area contributed by atoms with E-state index in [0.29, 0.717) is 0 Å². The molecule has 0 amide bonds. The molecular weight excluding hydrogens is 650 g/mol. The number of phosphoric acid groups is 2. The molecule has 0 radical (unpaired) electrons. The lowest BCUT2D eigenvalue weighted by molar-refractivity contribution is -0.0636. The van der Waals surface area contributed by atoms with Crippen LogP contribution in [-0.2, 0) is 36.7 Å². The second kappa shape index (κ2) is 10.9. The lowest BCUT2D eigenvalue weighted by Crippen LogP contribution is -2.35. The van der Waals surface area contributed by atoms with Gasteiger partial charge in [-0.1, -0.05) is 0 Å². The highest BCUT2D eigenvalue weighted by atomic mass is 31.2. The fourth-order valence-corrected chi connectivity index (χ4v) is 7.35. The second-order valence-corrected chi connectivity index (χ2v) is 13.1. The number of aromatic nitrogens is 6. The van der Waals surface area contributed by atoms with Gasteiger partial charge in [0.05, 0.1) is 32.2 Å². The van der Waals surface area contributed by atoms with E-state index >= 15 is 0 Å². The molecule has 4 aliphatic rings. The maximum Gasteiger partial charge on any atom is 0.472 e. The van der Waals surface area contributed by atoms with Crippen molar-refractivity contribution in [3.63, 3.8) is 0 Å². The van der Waals surface area contributed by atoms with Crippen LogP contribution in [0.5, 0.6) is 0 Å². The van der Waals surface area contributed by atoms with E-state index in [1.165, 1.54) is 12.4 Å². The van der Waals surface area contributed by atoms with Gasteiger partial charge in [0.15, 0.2) is 23.2 Å². The van der Waals surface area contributed by atoms with Gasteiger partial charge >= 0.3 is 15.6 Å². The van der Waals surface area contributed by atoms with Crippen molar-refractivity contribution in [3.05, 3.63) is 28.4 Å². The predicted molar refractivity (Wildman–Crippen MR) is 143 cm³/mol. The maximum atomic E-state index is 13.2. The molecule has 22 nitrogen and oxygen atoms in total. The standard InChI is InChI=1S/C21H24N8O14P2/c22-21-26-18-11(19(33)27-21)24-6-28(18)20-16-12(31)8(41-20)4-38-44(34,35)42-15-9(5-39-45(36,37)43-16)40-14(13(15)32)7-3-25-29-10(30)1-2-23-17(7)29/h2-3,6,8-9,12-16,20,31-32H,1,4-5H2,(H,34,35)(H,36,37)(H3,22,26,27,33)/t8-,9-,12+,13?,14+,15+,16?,20-/m1/s1. The molecule has 3 saturated heterocycles. The van der Waals surface area contributed by atoms with Crippen LogP contribution in [0.3, 0.4) is 0 Å². The average molecular weight is 674 g/mol. The summed E-state index contributed by atoms with van der Waals surface area (Å²) in [6.07, 6.45) is -9.09. The number of nitrogens with two attached hydrogens (primary N) is 1. The molecule has 3 aromatic heterocycles. The summed E-state index contributed by atoms with van der Waals surface area (Å²) in [5, 5.41) is 26.1. The van der Waals surface area contributed by atoms with Crippen molar-refractivity contribution in [2.75, 3.05) is 18.9 Å². The monoisotopic (exact) mass is 674 g/mol. The normalized spacial score (nSPS) is 38.8. The van der Waals surface area contributed by atoms with E-state index in [4.69, 9.17) is 33.3 Å². The minimum Gasteiger partial charge on any atom is -0.387 e. The van der Waals surface area contributed by atoms with Gasteiger partial charge in [-0.15, -0.1) is 0 Å². The summed E-state index contributed by atoms with van der Waals surface area (Å²) in [7, 11) is -10.2. The number of carbonyl (C=O) groups is 1. The number of aliphatic hydroxyl groups is 2. The molecule has 0 spiro atoms. The summed E-state index contributed by atoms with van der Waals surface area (Å²) < 4.78 is 60.7. The Bertz CT molecular complexity index is 1860. The molecule has 10 atom stereocenters. The van der Waals surface area contributed by atoms with Crippen LogP contribution in [0.2, 0.25) is 0 Å². The number of carbonyl (C=O) groups excluding carboxylic acids is 1. The van der Waals surface area contributed by atoms with Crippen LogP contribution in [0.15, 0.2) is 22.3 Å². The number of hydrogen-bond acceptors (Lipinski definition) is 17. The van der Waals surface area contributed by atoms with Crippen molar-refractivity contribution < 1.29 is 61.5 Å². The van der Waals surface area contributed by atoms with Crippen LogP contribution in [0, 0.1) is 0 Å². The number of anilines is 1. The molecule has 242 valence electrons. The number of fused-ring (bicyclic) bond motifs is 5. The van der Waals surface area contributed by atoms with E-state index in [2.05, 4.69) is 25.0 Å². The van der Waals surface area contributed by atoms with Crippen molar-refractivity contribution in [1.29, 1.82) is 0 Å². The summed E-state index contributed by atoms with van der Waals surface area (Å²) in [6.45, 7) is -1.67. The summed E-state index contributed by atoms with van der Waals surface area (Å²) in [6, 6.07) is 0. The molecule has 7 N–H and O–H groups in total. The lowest BCUT2D eigenvalue weighted by atomic mass is 10.0. The molecule has 24 heteroatoms. The molecule has 7 heterocycles. The zero-order valence-electron chi connectivity index (χ0n) is 22.5. The van der Waals surface area contributed by atoms with Crippen molar-refractivity contribution in [2.45, 2.75) is 55.4 Å². The van der Waals surface area contributed by atoms with Crippen molar-refractivity contribution >= 4 is 50.7 Å². The summed E-state index contributed by atoms with van der Waals surface area (Å²) >= 11 is 0. The van der Waals surface area contributed by atoms with E-state index in [-0.39, 0.29) is 34.9 Å². The second-order valence-electron chi connectivity index (χ2n) is 10.3. The van der Waals surface area contributed by atoms with E-state index in [1.807, 2.05) is 0 Å². The Morgan fingerprint density at radius 3 is 2.47 bits per heavy atom. The molecule has 2 bridgehead atoms. The number of hydrogen-bond donors (Lipinski definition) is 6. The third-order valence-corrected chi connectivity index (χ3v) is 9.45. The number of nitrogens with zero attached hydrogens (tertiary/aromatic N) is 6. The number of nitrogens with one attached hydrogen (secondary N) is 1. The molecular formula is C21H24N8O14P2.